The van der Waals surface area contributed by atoms with Crippen LogP contribution in [-0.2, 0) is 22.5 Å². The number of carbonyl (C=O) groups is 2. The Morgan fingerprint density at radius 2 is 1.89 bits per heavy atom. The van der Waals surface area contributed by atoms with Crippen LogP contribution in [0.15, 0.2) is 48.7 Å². The molecule has 2 aromatic heterocycles. The third-order valence-corrected chi connectivity index (χ3v) is 6.95. The van der Waals surface area contributed by atoms with Crippen molar-refractivity contribution in [2.45, 2.75) is 32.7 Å². The molecule has 192 valence electrons. The fourth-order valence-corrected chi connectivity index (χ4v) is 4.97. The van der Waals surface area contributed by atoms with Crippen molar-refractivity contribution < 1.29 is 19.1 Å². The number of fused-ring (bicyclic) bond motifs is 1. The van der Waals surface area contributed by atoms with Crippen LogP contribution >= 0.6 is 0 Å². The Morgan fingerprint density at radius 1 is 1.05 bits per heavy atom. The highest BCUT2D eigenvalue weighted by atomic mass is 16.5. The van der Waals surface area contributed by atoms with E-state index in [1.54, 1.807) is 19.4 Å². The number of rotatable bonds is 6. The van der Waals surface area contributed by atoms with Gasteiger partial charge in [0.25, 0.3) is 5.91 Å². The van der Waals surface area contributed by atoms with Crippen LogP contribution in [0.1, 0.15) is 41.4 Å². The third-order valence-electron chi connectivity index (χ3n) is 6.95. The van der Waals surface area contributed by atoms with Crippen molar-refractivity contribution in [3.8, 4) is 17.3 Å². The lowest BCUT2D eigenvalue weighted by molar-refractivity contribution is -0.148. The number of benzene rings is 1. The van der Waals surface area contributed by atoms with Crippen LogP contribution in [0.2, 0.25) is 0 Å². The van der Waals surface area contributed by atoms with Crippen molar-refractivity contribution in [3.05, 3.63) is 65.5 Å². The zero-order valence-electron chi connectivity index (χ0n) is 21.2. The number of hydrogen-bond acceptors (Lipinski definition) is 8. The number of piperidine rings is 1. The minimum Gasteiger partial charge on any atom is -0.497 e. The number of esters is 1. The first-order valence-corrected chi connectivity index (χ1v) is 12.7. The largest absolute Gasteiger partial charge is 0.497 e. The number of hydrogen-bond donors (Lipinski definition) is 0. The molecule has 0 aliphatic carbocycles. The van der Waals surface area contributed by atoms with Gasteiger partial charge in [0.05, 0.1) is 31.9 Å². The van der Waals surface area contributed by atoms with Gasteiger partial charge in [0.2, 0.25) is 0 Å². The lowest BCUT2D eigenvalue weighted by atomic mass is 9.96. The van der Waals surface area contributed by atoms with Crippen molar-refractivity contribution in [2.75, 3.05) is 38.3 Å². The molecule has 5 rings (SSSR count). The summed E-state index contributed by atoms with van der Waals surface area (Å²) >= 11 is 0. The normalized spacial score (nSPS) is 15.7. The molecule has 0 spiro atoms. The molecular formula is C28H31N5O4. The maximum Gasteiger partial charge on any atom is 0.309 e. The standard InChI is InChI=1S/C28H31N5O4/c1-3-37-28(35)19-10-14-32(15-11-19)26-22-18-33(27(34)20-7-6-8-21(17-20)36-2)16-12-23(22)30-25(31-26)24-9-4-5-13-29-24/h4-9,13,17,19H,3,10-12,14-16,18H2,1-2H3. The Kier molecular flexibility index (Phi) is 7.30. The fourth-order valence-electron chi connectivity index (χ4n) is 4.97. The number of nitrogens with zero attached hydrogens (tertiary/aromatic N) is 5. The van der Waals surface area contributed by atoms with Gasteiger partial charge in [0.15, 0.2) is 5.82 Å². The molecule has 0 saturated carbocycles. The number of anilines is 1. The molecule has 3 aromatic rings. The molecule has 0 N–H and O–H groups in total. The summed E-state index contributed by atoms with van der Waals surface area (Å²) in [6.45, 7) is 4.56. The van der Waals surface area contributed by atoms with Crippen LogP contribution in [0, 0.1) is 5.92 Å². The van der Waals surface area contributed by atoms with Crippen LogP contribution in [0.25, 0.3) is 11.5 Å². The molecule has 1 saturated heterocycles. The summed E-state index contributed by atoms with van der Waals surface area (Å²) in [7, 11) is 1.59. The Bertz CT molecular complexity index is 1270. The highest BCUT2D eigenvalue weighted by molar-refractivity contribution is 5.94. The summed E-state index contributed by atoms with van der Waals surface area (Å²) in [5.74, 6) is 1.76. The van der Waals surface area contributed by atoms with Crippen molar-refractivity contribution in [2.24, 2.45) is 5.92 Å². The van der Waals surface area contributed by atoms with Crippen molar-refractivity contribution >= 4 is 17.7 Å². The fraction of sp³-hybridized carbons (Fsp3) is 0.393. The summed E-state index contributed by atoms with van der Waals surface area (Å²) in [5.41, 5.74) is 3.19. The van der Waals surface area contributed by atoms with E-state index in [9.17, 15) is 9.59 Å². The second kappa shape index (κ2) is 10.9. The van der Waals surface area contributed by atoms with Crippen LogP contribution in [0.5, 0.6) is 5.75 Å². The summed E-state index contributed by atoms with van der Waals surface area (Å²) in [4.78, 5) is 44.0. The van der Waals surface area contributed by atoms with Crippen molar-refractivity contribution in [1.29, 1.82) is 0 Å². The van der Waals surface area contributed by atoms with Gasteiger partial charge in [-0.3, -0.25) is 14.6 Å². The SMILES string of the molecule is CCOC(=O)C1CCN(c2nc(-c3ccccn3)nc3c2CN(C(=O)c2cccc(OC)c2)CC3)CC1. The smallest absolute Gasteiger partial charge is 0.309 e. The summed E-state index contributed by atoms with van der Waals surface area (Å²) in [6.07, 6.45) is 3.75. The van der Waals surface area contributed by atoms with E-state index in [2.05, 4.69) is 9.88 Å². The lowest BCUT2D eigenvalue weighted by Gasteiger charge is -2.36. The molecule has 0 radical (unpaired) electrons. The maximum atomic E-state index is 13.4. The minimum absolute atomic E-state index is 0.0506. The first kappa shape index (κ1) is 24.7. The topological polar surface area (TPSA) is 97.8 Å². The molecule has 9 heteroatoms. The van der Waals surface area contributed by atoms with Gasteiger partial charge in [0.1, 0.15) is 17.3 Å². The number of pyridine rings is 1. The number of aromatic nitrogens is 3. The van der Waals surface area contributed by atoms with Gasteiger partial charge < -0.3 is 19.3 Å². The van der Waals surface area contributed by atoms with E-state index in [4.69, 9.17) is 19.4 Å². The molecule has 2 aliphatic rings. The van der Waals surface area contributed by atoms with Crippen LogP contribution in [0.3, 0.4) is 0 Å². The van der Waals surface area contributed by atoms with E-state index in [1.165, 1.54) is 0 Å². The summed E-state index contributed by atoms with van der Waals surface area (Å²) in [6, 6.07) is 12.9. The van der Waals surface area contributed by atoms with Crippen LogP contribution < -0.4 is 9.64 Å². The van der Waals surface area contributed by atoms with E-state index < -0.39 is 0 Å². The molecular weight excluding hydrogens is 470 g/mol. The average Bonchev–Trinajstić information content (AvgIpc) is 2.96. The Hall–Kier alpha value is -4.01. The van der Waals surface area contributed by atoms with Gasteiger partial charge >= 0.3 is 5.97 Å². The van der Waals surface area contributed by atoms with Crippen molar-refractivity contribution in [3.63, 3.8) is 0 Å². The van der Waals surface area contributed by atoms with Gasteiger partial charge in [-0.1, -0.05) is 12.1 Å². The molecule has 1 amide bonds. The molecule has 4 heterocycles. The second-order valence-corrected chi connectivity index (χ2v) is 9.23. The first-order valence-electron chi connectivity index (χ1n) is 12.7. The van der Waals surface area contributed by atoms with Crippen molar-refractivity contribution in [1.82, 2.24) is 19.9 Å². The molecule has 1 aromatic carbocycles. The molecule has 37 heavy (non-hydrogen) atoms. The van der Waals surface area contributed by atoms with Gasteiger partial charge in [-0.25, -0.2) is 9.97 Å². The zero-order valence-corrected chi connectivity index (χ0v) is 21.2. The van der Waals surface area contributed by atoms with Gasteiger partial charge in [-0.05, 0) is 50.1 Å². The van der Waals surface area contributed by atoms with E-state index in [0.717, 1.165) is 17.1 Å². The first-order chi connectivity index (χ1) is 18.1. The molecule has 9 nitrogen and oxygen atoms in total. The van der Waals surface area contributed by atoms with E-state index in [0.29, 0.717) is 74.9 Å². The predicted octanol–water partition coefficient (Wildman–Crippen LogP) is 3.53. The summed E-state index contributed by atoms with van der Waals surface area (Å²) < 4.78 is 10.6. The monoisotopic (exact) mass is 501 g/mol. The highest BCUT2D eigenvalue weighted by Crippen LogP contribution is 2.32. The number of amides is 1. The third kappa shape index (κ3) is 5.26. The molecule has 0 atom stereocenters. The molecule has 2 aliphatic heterocycles. The van der Waals surface area contributed by atoms with E-state index >= 15 is 0 Å². The lowest BCUT2D eigenvalue weighted by Crippen LogP contribution is -2.41. The average molecular weight is 502 g/mol. The predicted molar refractivity (Wildman–Crippen MR) is 138 cm³/mol. The maximum absolute atomic E-state index is 13.4. The second-order valence-electron chi connectivity index (χ2n) is 9.23. The van der Waals surface area contributed by atoms with Gasteiger partial charge in [-0.15, -0.1) is 0 Å². The van der Waals surface area contributed by atoms with Gasteiger partial charge in [-0.2, -0.15) is 0 Å². The Morgan fingerprint density at radius 3 is 2.62 bits per heavy atom. The van der Waals surface area contributed by atoms with E-state index in [-0.39, 0.29) is 17.8 Å². The Labute approximate surface area is 216 Å². The molecule has 0 bridgehead atoms. The van der Waals surface area contributed by atoms with Crippen LogP contribution in [-0.4, -0.2) is 65.1 Å². The molecule has 0 unspecified atom stereocenters. The summed E-state index contributed by atoms with van der Waals surface area (Å²) in [5, 5.41) is 0. The highest BCUT2D eigenvalue weighted by Gasteiger charge is 2.32. The van der Waals surface area contributed by atoms with Crippen LogP contribution in [0.4, 0.5) is 5.82 Å². The zero-order chi connectivity index (χ0) is 25.8. The number of methoxy groups -OCH3 is 1. The number of ether oxygens (including phenoxy) is 2. The Balaban J connectivity index is 1.45. The minimum atomic E-state index is -0.129. The quantitative estimate of drug-likeness (QED) is 0.473. The van der Waals surface area contributed by atoms with E-state index in [1.807, 2.05) is 48.2 Å². The molecule has 1 fully saturated rings. The van der Waals surface area contributed by atoms with Gasteiger partial charge in [0, 0.05) is 43.4 Å². The number of carbonyl (C=O) groups excluding carboxylic acids is 2.